The molecule has 10 nitrogen and oxygen atoms in total. The molecule has 0 atom stereocenters. The van der Waals surface area contributed by atoms with Crippen molar-refractivity contribution in [3.63, 3.8) is 0 Å². The Morgan fingerprint density at radius 3 is 2.54 bits per heavy atom. The molecule has 0 saturated carbocycles. The summed E-state index contributed by atoms with van der Waals surface area (Å²) in [6.45, 7) is 1.09. The molecule has 0 bridgehead atoms. The van der Waals surface area contributed by atoms with Gasteiger partial charge in [0.1, 0.15) is 5.39 Å². The van der Waals surface area contributed by atoms with Gasteiger partial charge in [0.25, 0.3) is 5.56 Å². The van der Waals surface area contributed by atoms with E-state index in [0.717, 1.165) is 19.3 Å². The normalized spacial score (nSPS) is 14.7. The van der Waals surface area contributed by atoms with Crippen LogP contribution in [0.3, 0.4) is 0 Å². The zero-order chi connectivity index (χ0) is 24.4. The maximum atomic E-state index is 12.8. The van der Waals surface area contributed by atoms with Crippen LogP contribution in [0.15, 0.2) is 70.7 Å². The molecule has 5 rings (SSSR count). The fourth-order valence-corrected chi connectivity index (χ4v) is 5.73. The number of nitrogens with one attached hydrogen (secondary N) is 2. The van der Waals surface area contributed by atoms with Crippen LogP contribution in [0.1, 0.15) is 24.8 Å². The molecule has 1 aliphatic rings. The van der Waals surface area contributed by atoms with Crippen molar-refractivity contribution in [2.75, 3.05) is 18.4 Å². The van der Waals surface area contributed by atoms with Gasteiger partial charge in [-0.3, -0.25) is 9.59 Å². The highest BCUT2D eigenvalue weighted by molar-refractivity contribution is 7.89. The number of hydrogen-bond acceptors (Lipinski definition) is 6. The summed E-state index contributed by atoms with van der Waals surface area (Å²) in [4.78, 5) is 31.8. The van der Waals surface area contributed by atoms with Crippen LogP contribution in [0, 0.1) is 0 Å². The Kier molecular flexibility index (Phi) is 6.18. The molecular weight excluding hydrogens is 468 g/mol. The Hall–Kier alpha value is -3.83. The number of carbonyl (C=O) groups excluding carboxylic acids is 1. The van der Waals surface area contributed by atoms with Crippen molar-refractivity contribution in [3.05, 3.63) is 77.0 Å². The summed E-state index contributed by atoms with van der Waals surface area (Å²) >= 11 is 0. The number of anilines is 1. The molecular formula is C24H24N6O4S. The Morgan fingerprint density at radius 2 is 1.77 bits per heavy atom. The number of H-pyrrole nitrogens is 1. The number of para-hydroxylation sites is 2. The van der Waals surface area contributed by atoms with Crippen LogP contribution >= 0.6 is 0 Å². The van der Waals surface area contributed by atoms with Gasteiger partial charge in [0.2, 0.25) is 15.9 Å². The minimum Gasteiger partial charge on any atom is -0.324 e. The number of benzene rings is 2. The molecule has 0 aliphatic carbocycles. The molecule has 4 aromatic rings. The summed E-state index contributed by atoms with van der Waals surface area (Å²) in [7, 11) is -3.51. The second-order valence-electron chi connectivity index (χ2n) is 8.38. The van der Waals surface area contributed by atoms with E-state index in [2.05, 4.69) is 20.4 Å². The number of sulfonamides is 1. The summed E-state index contributed by atoms with van der Waals surface area (Å²) in [6, 6.07) is 13.5. The van der Waals surface area contributed by atoms with E-state index >= 15 is 0 Å². The first kappa shape index (κ1) is 22.9. The van der Waals surface area contributed by atoms with E-state index in [1.165, 1.54) is 21.5 Å². The Morgan fingerprint density at radius 1 is 1.03 bits per heavy atom. The number of fused-ring (bicyclic) bond motifs is 1. The van der Waals surface area contributed by atoms with Crippen LogP contribution < -0.4 is 10.9 Å². The molecule has 3 heterocycles. The largest absolute Gasteiger partial charge is 0.324 e. The van der Waals surface area contributed by atoms with E-state index in [4.69, 9.17) is 0 Å². The smallest absolute Gasteiger partial charge is 0.261 e. The van der Waals surface area contributed by atoms with Crippen LogP contribution in [0.2, 0.25) is 0 Å². The molecule has 180 valence electrons. The minimum absolute atomic E-state index is 0.0656. The third kappa shape index (κ3) is 4.60. The minimum atomic E-state index is -3.51. The molecule has 0 radical (unpaired) electrons. The maximum Gasteiger partial charge on any atom is 0.261 e. The second-order valence-corrected chi connectivity index (χ2v) is 10.3. The van der Waals surface area contributed by atoms with E-state index in [0.29, 0.717) is 41.1 Å². The lowest BCUT2D eigenvalue weighted by Gasteiger charge is -2.25. The molecule has 2 aromatic heterocycles. The van der Waals surface area contributed by atoms with Gasteiger partial charge in [0, 0.05) is 13.1 Å². The SMILES string of the molecule is O=C(Cc1ccc(S(=O)(=O)N2CCCCC2)cc1)Nc1ccccc1-n1ncc2c(=O)[nH]cnc21. The zero-order valence-electron chi connectivity index (χ0n) is 18.8. The number of aromatic amines is 1. The van der Waals surface area contributed by atoms with Gasteiger partial charge in [-0.1, -0.05) is 30.7 Å². The number of hydrogen-bond donors (Lipinski definition) is 2. The highest BCUT2D eigenvalue weighted by atomic mass is 32.2. The number of amides is 1. The lowest BCUT2D eigenvalue weighted by atomic mass is 10.1. The molecule has 1 aliphatic heterocycles. The first-order valence-corrected chi connectivity index (χ1v) is 12.8. The molecule has 0 unspecified atom stereocenters. The molecule has 35 heavy (non-hydrogen) atoms. The number of aromatic nitrogens is 4. The van der Waals surface area contributed by atoms with Gasteiger partial charge in [-0.2, -0.15) is 9.40 Å². The number of nitrogens with zero attached hydrogens (tertiary/aromatic N) is 4. The lowest BCUT2D eigenvalue weighted by Crippen LogP contribution is -2.35. The van der Waals surface area contributed by atoms with Crippen molar-refractivity contribution in [1.82, 2.24) is 24.1 Å². The maximum absolute atomic E-state index is 12.8. The number of carbonyl (C=O) groups is 1. The Labute approximate surface area is 201 Å². The quantitative estimate of drug-likeness (QED) is 0.425. The van der Waals surface area contributed by atoms with Gasteiger partial charge in [0.15, 0.2) is 5.65 Å². The highest BCUT2D eigenvalue weighted by Crippen LogP contribution is 2.23. The first-order chi connectivity index (χ1) is 16.9. The Balaban J connectivity index is 1.32. The first-order valence-electron chi connectivity index (χ1n) is 11.3. The van der Waals surface area contributed by atoms with Gasteiger partial charge in [-0.15, -0.1) is 0 Å². The molecule has 1 saturated heterocycles. The van der Waals surface area contributed by atoms with Gasteiger partial charge in [-0.25, -0.2) is 18.1 Å². The lowest BCUT2D eigenvalue weighted by molar-refractivity contribution is -0.115. The average Bonchev–Trinajstić information content (AvgIpc) is 3.30. The van der Waals surface area contributed by atoms with Crippen LogP contribution in [0.25, 0.3) is 16.7 Å². The topological polar surface area (TPSA) is 130 Å². The van der Waals surface area contributed by atoms with Crippen LogP contribution in [0.5, 0.6) is 0 Å². The van der Waals surface area contributed by atoms with Crippen LogP contribution in [-0.2, 0) is 21.2 Å². The third-order valence-electron chi connectivity index (χ3n) is 6.02. The van der Waals surface area contributed by atoms with Gasteiger partial charge in [-0.05, 0) is 42.7 Å². The summed E-state index contributed by atoms with van der Waals surface area (Å²) in [5, 5.41) is 7.50. The van der Waals surface area contributed by atoms with Crippen LogP contribution in [0.4, 0.5) is 5.69 Å². The number of piperidine rings is 1. The molecule has 1 amide bonds. The molecule has 1 fully saturated rings. The van der Waals surface area contributed by atoms with E-state index in [1.54, 1.807) is 48.5 Å². The molecule has 11 heteroatoms. The van der Waals surface area contributed by atoms with Crippen molar-refractivity contribution in [3.8, 4) is 5.69 Å². The van der Waals surface area contributed by atoms with Crippen LogP contribution in [-0.4, -0.2) is 51.5 Å². The van der Waals surface area contributed by atoms with E-state index in [1.807, 2.05) is 0 Å². The average molecular weight is 493 g/mol. The third-order valence-corrected chi connectivity index (χ3v) is 7.93. The predicted octanol–water partition coefficient (Wildman–Crippen LogP) is 2.46. The van der Waals surface area contributed by atoms with E-state index in [-0.39, 0.29) is 22.8 Å². The van der Waals surface area contributed by atoms with Crippen molar-refractivity contribution in [2.45, 2.75) is 30.6 Å². The van der Waals surface area contributed by atoms with Crippen molar-refractivity contribution in [2.24, 2.45) is 0 Å². The Bertz CT molecular complexity index is 1540. The molecule has 2 aromatic carbocycles. The fraction of sp³-hybridized carbons (Fsp3) is 0.250. The van der Waals surface area contributed by atoms with E-state index < -0.39 is 10.0 Å². The van der Waals surface area contributed by atoms with Gasteiger partial charge >= 0.3 is 0 Å². The van der Waals surface area contributed by atoms with Crippen molar-refractivity contribution >= 4 is 32.7 Å². The van der Waals surface area contributed by atoms with E-state index in [9.17, 15) is 18.0 Å². The molecule has 0 spiro atoms. The van der Waals surface area contributed by atoms with Crippen molar-refractivity contribution in [1.29, 1.82) is 0 Å². The standard InChI is InChI=1S/C24H24N6O4S/c31-22(14-17-8-10-18(11-9-17)35(33,34)29-12-4-1-5-13-29)28-20-6-2-3-7-21(20)30-23-19(15-27-30)24(32)26-16-25-23/h2-3,6-11,15-16H,1,4-5,12-14H2,(H,28,31)(H,25,26,32). The predicted molar refractivity (Wildman–Crippen MR) is 131 cm³/mol. The monoisotopic (exact) mass is 492 g/mol. The fourth-order valence-electron chi connectivity index (χ4n) is 4.21. The zero-order valence-corrected chi connectivity index (χ0v) is 19.7. The van der Waals surface area contributed by atoms with Crippen molar-refractivity contribution < 1.29 is 13.2 Å². The highest BCUT2D eigenvalue weighted by Gasteiger charge is 2.25. The summed E-state index contributed by atoms with van der Waals surface area (Å²) in [5.74, 6) is -0.272. The summed E-state index contributed by atoms with van der Waals surface area (Å²) in [6.07, 6.45) is 5.60. The summed E-state index contributed by atoms with van der Waals surface area (Å²) < 4.78 is 28.7. The summed E-state index contributed by atoms with van der Waals surface area (Å²) in [5.41, 5.74) is 1.84. The molecule has 2 N–H and O–H groups in total. The second kappa shape index (κ2) is 9.43. The van der Waals surface area contributed by atoms with Gasteiger partial charge in [0.05, 0.1) is 35.2 Å². The van der Waals surface area contributed by atoms with Gasteiger partial charge < -0.3 is 10.3 Å². The number of rotatable bonds is 6.